The van der Waals surface area contributed by atoms with Gasteiger partial charge in [0.15, 0.2) is 6.39 Å². The molecule has 3 heteroatoms. The average molecular weight is 177 g/mol. The van der Waals surface area contributed by atoms with Gasteiger partial charge in [0.25, 0.3) is 0 Å². The zero-order chi connectivity index (χ0) is 9.26. The summed E-state index contributed by atoms with van der Waals surface area (Å²) >= 11 is 0. The molecule has 1 aromatic heterocycles. The lowest BCUT2D eigenvalue weighted by atomic mass is 10.1. The SMILES string of the molecule is Cc1ocnc1-c1cccc(F)c1. The Morgan fingerprint density at radius 2 is 2.23 bits per heavy atom. The Bertz CT molecular complexity index is 422. The van der Waals surface area contributed by atoms with Crippen LogP contribution in [0.4, 0.5) is 4.39 Å². The summed E-state index contributed by atoms with van der Waals surface area (Å²) in [5.74, 6) is 0.436. The number of nitrogens with zero attached hydrogens (tertiary/aromatic N) is 1. The normalized spacial score (nSPS) is 10.3. The van der Waals surface area contributed by atoms with Crippen molar-refractivity contribution in [1.82, 2.24) is 4.98 Å². The molecule has 66 valence electrons. The van der Waals surface area contributed by atoms with Crippen molar-refractivity contribution in [3.05, 3.63) is 42.2 Å². The van der Waals surface area contributed by atoms with E-state index in [0.29, 0.717) is 11.5 Å². The monoisotopic (exact) mass is 177 g/mol. The summed E-state index contributed by atoms with van der Waals surface area (Å²) in [6.45, 7) is 1.80. The summed E-state index contributed by atoms with van der Waals surface area (Å²) in [5, 5.41) is 0. The predicted molar refractivity (Wildman–Crippen MR) is 46.6 cm³/mol. The summed E-state index contributed by atoms with van der Waals surface area (Å²) < 4.78 is 17.9. The van der Waals surface area contributed by atoms with Gasteiger partial charge in [0.1, 0.15) is 17.3 Å². The molecule has 2 aromatic rings. The van der Waals surface area contributed by atoms with Crippen LogP contribution < -0.4 is 0 Å². The number of benzene rings is 1. The molecule has 1 heterocycles. The molecule has 0 aliphatic rings. The van der Waals surface area contributed by atoms with E-state index >= 15 is 0 Å². The number of aromatic nitrogens is 1. The quantitative estimate of drug-likeness (QED) is 0.669. The molecular formula is C10H8FNO. The maximum atomic E-state index is 12.8. The van der Waals surface area contributed by atoms with Crippen molar-refractivity contribution in [3.8, 4) is 11.3 Å². The van der Waals surface area contributed by atoms with Crippen LogP contribution >= 0.6 is 0 Å². The fourth-order valence-electron chi connectivity index (χ4n) is 1.22. The Morgan fingerprint density at radius 3 is 2.85 bits per heavy atom. The van der Waals surface area contributed by atoms with Crippen LogP contribution in [0.15, 0.2) is 35.1 Å². The molecule has 0 saturated heterocycles. The summed E-state index contributed by atoms with van der Waals surface area (Å²) in [4.78, 5) is 3.99. The molecule has 2 nitrogen and oxygen atoms in total. The first-order valence-electron chi connectivity index (χ1n) is 3.93. The van der Waals surface area contributed by atoms with E-state index in [2.05, 4.69) is 4.98 Å². The van der Waals surface area contributed by atoms with Crippen molar-refractivity contribution < 1.29 is 8.81 Å². The molecule has 0 atom stereocenters. The van der Waals surface area contributed by atoms with E-state index in [0.717, 1.165) is 5.56 Å². The van der Waals surface area contributed by atoms with Crippen LogP contribution in [0.5, 0.6) is 0 Å². The third-order valence-electron chi connectivity index (χ3n) is 1.84. The van der Waals surface area contributed by atoms with Crippen molar-refractivity contribution in [3.63, 3.8) is 0 Å². The van der Waals surface area contributed by atoms with Gasteiger partial charge in [-0.25, -0.2) is 9.37 Å². The Balaban J connectivity index is 2.53. The molecule has 0 amide bonds. The molecule has 0 aliphatic carbocycles. The lowest BCUT2D eigenvalue weighted by molar-refractivity contribution is 0.527. The molecule has 0 aliphatic heterocycles. The molecule has 0 fully saturated rings. The number of oxazole rings is 1. The molecule has 0 N–H and O–H groups in total. The van der Waals surface area contributed by atoms with Crippen molar-refractivity contribution >= 4 is 0 Å². The summed E-state index contributed by atoms with van der Waals surface area (Å²) in [7, 11) is 0. The molecule has 1 aromatic carbocycles. The van der Waals surface area contributed by atoms with Gasteiger partial charge in [0, 0.05) is 5.56 Å². The van der Waals surface area contributed by atoms with Crippen LogP contribution in [-0.4, -0.2) is 4.98 Å². The lowest BCUT2D eigenvalue weighted by Crippen LogP contribution is -1.81. The van der Waals surface area contributed by atoms with Gasteiger partial charge in [0.2, 0.25) is 0 Å². The zero-order valence-electron chi connectivity index (χ0n) is 7.12. The van der Waals surface area contributed by atoms with Crippen LogP contribution in [0.25, 0.3) is 11.3 Å². The number of halogens is 1. The molecule has 0 spiro atoms. The van der Waals surface area contributed by atoms with Gasteiger partial charge in [-0.05, 0) is 19.1 Å². The molecule has 13 heavy (non-hydrogen) atoms. The smallest absolute Gasteiger partial charge is 0.181 e. The van der Waals surface area contributed by atoms with Crippen LogP contribution in [-0.2, 0) is 0 Å². The minimum atomic E-state index is -0.264. The Hall–Kier alpha value is -1.64. The highest BCUT2D eigenvalue weighted by molar-refractivity contribution is 5.60. The minimum Gasteiger partial charge on any atom is -0.448 e. The topological polar surface area (TPSA) is 26.0 Å². The van der Waals surface area contributed by atoms with Crippen molar-refractivity contribution in [2.75, 3.05) is 0 Å². The van der Waals surface area contributed by atoms with Crippen molar-refractivity contribution in [2.45, 2.75) is 6.92 Å². The van der Waals surface area contributed by atoms with Crippen LogP contribution in [0.3, 0.4) is 0 Å². The van der Waals surface area contributed by atoms with Gasteiger partial charge in [-0.3, -0.25) is 0 Å². The summed E-state index contributed by atoms with van der Waals surface area (Å²) in [6, 6.07) is 6.29. The number of rotatable bonds is 1. The van der Waals surface area contributed by atoms with Crippen LogP contribution in [0, 0.1) is 12.7 Å². The predicted octanol–water partition coefficient (Wildman–Crippen LogP) is 2.79. The van der Waals surface area contributed by atoms with Gasteiger partial charge in [-0.15, -0.1) is 0 Å². The first-order valence-corrected chi connectivity index (χ1v) is 3.93. The zero-order valence-corrected chi connectivity index (χ0v) is 7.12. The minimum absolute atomic E-state index is 0.264. The number of hydrogen-bond acceptors (Lipinski definition) is 2. The Morgan fingerprint density at radius 1 is 1.38 bits per heavy atom. The molecule has 0 radical (unpaired) electrons. The second kappa shape index (κ2) is 3.01. The number of aryl methyl sites for hydroxylation is 1. The second-order valence-electron chi connectivity index (χ2n) is 2.77. The standard InChI is InChI=1S/C10H8FNO/c1-7-10(12-6-13-7)8-3-2-4-9(11)5-8/h2-6H,1H3. The van der Waals surface area contributed by atoms with Gasteiger partial charge < -0.3 is 4.42 Å². The largest absolute Gasteiger partial charge is 0.448 e. The molecule has 0 bridgehead atoms. The first kappa shape index (κ1) is 7.98. The van der Waals surface area contributed by atoms with E-state index in [4.69, 9.17) is 4.42 Å². The van der Waals surface area contributed by atoms with E-state index in [1.165, 1.54) is 18.5 Å². The third-order valence-corrected chi connectivity index (χ3v) is 1.84. The molecule has 2 rings (SSSR count). The highest BCUT2D eigenvalue weighted by atomic mass is 19.1. The third kappa shape index (κ3) is 1.45. The molecule has 0 unspecified atom stereocenters. The van der Waals surface area contributed by atoms with Crippen molar-refractivity contribution in [1.29, 1.82) is 0 Å². The molecule has 0 saturated carbocycles. The first-order chi connectivity index (χ1) is 6.27. The Kier molecular flexibility index (Phi) is 1.85. The highest BCUT2D eigenvalue weighted by Gasteiger charge is 2.06. The van der Waals surface area contributed by atoms with E-state index in [1.807, 2.05) is 0 Å². The second-order valence-corrected chi connectivity index (χ2v) is 2.77. The lowest BCUT2D eigenvalue weighted by Gasteiger charge is -1.96. The van der Waals surface area contributed by atoms with Gasteiger partial charge in [0.05, 0.1) is 0 Å². The van der Waals surface area contributed by atoms with Crippen molar-refractivity contribution in [2.24, 2.45) is 0 Å². The van der Waals surface area contributed by atoms with E-state index in [9.17, 15) is 4.39 Å². The summed E-state index contributed by atoms with van der Waals surface area (Å²) in [5.41, 5.74) is 1.44. The fourth-order valence-corrected chi connectivity index (χ4v) is 1.22. The Labute approximate surface area is 75.0 Å². The fraction of sp³-hybridized carbons (Fsp3) is 0.100. The van der Waals surface area contributed by atoms with Gasteiger partial charge in [-0.1, -0.05) is 12.1 Å². The van der Waals surface area contributed by atoms with Gasteiger partial charge in [-0.2, -0.15) is 0 Å². The van der Waals surface area contributed by atoms with Gasteiger partial charge >= 0.3 is 0 Å². The maximum Gasteiger partial charge on any atom is 0.181 e. The highest BCUT2D eigenvalue weighted by Crippen LogP contribution is 2.21. The van der Waals surface area contributed by atoms with E-state index in [1.54, 1.807) is 19.1 Å². The van der Waals surface area contributed by atoms with Crippen LogP contribution in [0.1, 0.15) is 5.76 Å². The molecular weight excluding hydrogens is 169 g/mol. The number of hydrogen-bond donors (Lipinski definition) is 0. The van der Waals surface area contributed by atoms with E-state index in [-0.39, 0.29) is 5.82 Å². The average Bonchev–Trinajstić information content (AvgIpc) is 2.51. The van der Waals surface area contributed by atoms with Crippen LogP contribution in [0.2, 0.25) is 0 Å². The summed E-state index contributed by atoms with van der Waals surface area (Å²) in [6.07, 6.45) is 1.36. The van der Waals surface area contributed by atoms with E-state index < -0.39 is 0 Å². The maximum absolute atomic E-state index is 12.8.